The number of pyridine rings is 1. The molecule has 1 saturated heterocycles. The molecule has 0 aromatic carbocycles. The van der Waals surface area contributed by atoms with E-state index >= 15 is 0 Å². The van der Waals surface area contributed by atoms with Crippen molar-refractivity contribution in [3.05, 3.63) is 58.5 Å². The summed E-state index contributed by atoms with van der Waals surface area (Å²) in [5.74, 6) is 0.0408. The van der Waals surface area contributed by atoms with Crippen LogP contribution in [0.25, 0.3) is 6.08 Å². The Bertz CT molecular complexity index is 1300. The molecule has 0 radical (unpaired) electrons. The van der Waals surface area contributed by atoms with Crippen molar-refractivity contribution in [1.29, 1.82) is 0 Å². The Morgan fingerprint density at radius 1 is 1.46 bits per heavy atom. The van der Waals surface area contributed by atoms with Crippen LogP contribution in [0.4, 0.5) is 5.13 Å². The van der Waals surface area contributed by atoms with E-state index in [-0.39, 0.29) is 28.8 Å². The summed E-state index contributed by atoms with van der Waals surface area (Å²) in [6.45, 7) is -0.173. The molecule has 13 heteroatoms. The Morgan fingerprint density at radius 3 is 2.94 bits per heavy atom. The first-order valence-corrected chi connectivity index (χ1v) is 12.0. The molecular formula is C22H18N6O5S2. The zero-order valence-electron chi connectivity index (χ0n) is 18.0. The summed E-state index contributed by atoms with van der Waals surface area (Å²) >= 11 is 2.44. The van der Waals surface area contributed by atoms with Gasteiger partial charge in [-0.1, -0.05) is 29.3 Å². The molecule has 0 bridgehead atoms. The molecule has 0 aliphatic carbocycles. The SMILES string of the molecule is C#CCO/N=C(/C(=O)NC1C(=O)N2C(C(=O)O)=C(/C=C/c3cccnc3)CS[C@H]12)c1csc(N)n1. The van der Waals surface area contributed by atoms with Crippen LogP contribution in [0.5, 0.6) is 0 Å². The van der Waals surface area contributed by atoms with E-state index in [1.165, 1.54) is 22.0 Å². The standard InChI is InChI=1S/C22H18N6O5S2/c1-2-8-33-27-15(14-11-35-22(23)25-14)18(29)26-16-19(30)28-17(21(31)32)13(10-34-20(16)28)6-5-12-4-3-7-24-9-12/h1,3-7,9,11,16,20H,8,10H2,(H2,23,25)(H,26,29)(H,31,32)/b6-5+,27-15+/t16?,20-/m1/s1. The summed E-state index contributed by atoms with van der Waals surface area (Å²) in [4.78, 5) is 52.0. The minimum Gasteiger partial charge on any atom is -0.477 e. The van der Waals surface area contributed by atoms with Crippen LogP contribution in [0.3, 0.4) is 0 Å². The molecule has 11 nitrogen and oxygen atoms in total. The topological polar surface area (TPSA) is 160 Å². The number of anilines is 1. The minimum atomic E-state index is -1.23. The number of nitrogens with one attached hydrogen (secondary N) is 1. The van der Waals surface area contributed by atoms with Crippen LogP contribution in [-0.2, 0) is 19.2 Å². The maximum absolute atomic E-state index is 12.9. The molecule has 1 fully saturated rings. The molecule has 2 amide bonds. The lowest BCUT2D eigenvalue weighted by Crippen LogP contribution is -2.71. The molecule has 35 heavy (non-hydrogen) atoms. The molecule has 0 spiro atoms. The second kappa shape index (κ2) is 10.4. The quantitative estimate of drug-likeness (QED) is 0.154. The number of β-lactam (4-membered cyclic amide) rings is 1. The number of amides is 2. The van der Waals surface area contributed by atoms with Gasteiger partial charge in [0.15, 0.2) is 17.5 Å². The van der Waals surface area contributed by atoms with E-state index in [9.17, 15) is 19.5 Å². The zero-order valence-corrected chi connectivity index (χ0v) is 19.6. The number of hydrogen-bond donors (Lipinski definition) is 3. The summed E-state index contributed by atoms with van der Waals surface area (Å²) < 4.78 is 0. The van der Waals surface area contributed by atoms with Crippen LogP contribution in [-0.4, -0.2) is 67.2 Å². The molecule has 2 aromatic rings. The number of thiazole rings is 1. The molecule has 0 saturated carbocycles. The maximum atomic E-state index is 12.9. The monoisotopic (exact) mass is 510 g/mol. The lowest BCUT2D eigenvalue weighted by atomic mass is 10.0. The number of carboxylic acids is 1. The number of nitrogen functional groups attached to an aromatic ring is 1. The number of carboxylic acid groups (broad SMARTS) is 1. The van der Waals surface area contributed by atoms with E-state index in [1.807, 2.05) is 6.07 Å². The number of rotatable bonds is 8. The highest BCUT2D eigenvalue weighted by Gasteiger charge is 2.54. The van der Waals surface area contributed by atoms with Gasteiger partial charge in [-0.05, 0) is 17.2 Å². The average Bonchev–Trinajstić information content (AvgIpc) is 3.29. The number of aliphatic carboxylic acids is 1. The highest BCUT2D eigenvalue weighted by atomic mass is 32.2. The third-order valence-electron chi connectivity index (χ3n) is 4.93. The van der Waals surface area contributed by atoms with E-state index in [0.717, 1.165) is 16.9 Å². The van der Waals surface area contributed by atoms with E-state index in [0.29, 0.717) is 11.3 Å². The van der Waals surface area contributed by atoms with Gasteiger partial charge in [-0.3, -0.25) is 19.5 Å². The smallest absolute Gasteiger partial charge is 0.352 e. The van der Waals surface area contributed by atoms with Gasteiger partial charge in [-0.2, -0.15) is 0 Å². The predicted octanol–water partition coefficient (Wildman–Crippen LogP) is 0.926. The fourth-order valence-corrected chi connectivity index (χ4v) is 5.25. The maximum Gasteiger partial charge on any atom is 0.352 e. The van der Waals surface area contributed by atoms with Gasteiger partial charge in [0, 0.05) is 23.5 Å². The van der Waals surface area contributed by atoms with Crippen LogP contribution < -0.4 is 11.1 Å². The molecule has 4 rings (SSSR count). The molecule has 2 atom stereocenters. The summed E-state index contributed by atoms with van der Waals surface area (Å²) in [7, 11) is 0. The van der Waals surface area contributed by atoms with Crippen molar-refractivity contribution in [3.63, 3.8) is 0 Å². The van der Waals surface area contributed by atoms with Crippen molar-refractivity contribution < 1.29 is 24.3 Å². The van der Waals surface area contributed by atoms with Crippen molar-refractivity contribution in [2.24, 2.45) is 5.16 Å². The number of oxime groups is 1. The summed E-state index contributed by atoms with van der Waals surface area (Å²) in [5, 5.41) is 17.3. The van der Waals surface area contributed by atoms with Crippen LogP contribution in [0, 0.1) is 12.3 Å². The number of terminal acetylenes is 1. The van der Waals surface area contributed by atoms with E-state index in [1.54, 1.807) is 30.6 Å². The summed E-state index contributed by atoms with van der Waals surface area (Å²) in [5.41, 5.74) is 6.76. The van der Waals surface area contributed by atoms with Gasteiger partial charge in [0.25, 0.3) is 11.8 Å². The summed E-state index contributed by atoms with van der Waals surface area (Å²) in [6.07, 6.45) is 11.8. The van der Waals surface area contributed by atoms with Gasteiger partial charge < -0.3 is 21.0 Å². The van der Waals surface area contributed by atoms with E-state index in [2.05, 4.69) is 26.4 Å². The van der Waals surface area contributed by atoms with Gasteiger partial charge in [0.1, 0.15) is 22.8 Å². The number of carbonyl (C=O) groups excluding carboxylic acids is 2. The molecule has 178 valence electrons. The number of nitrogens with zero attached hydrogens (tertiary/aromatic N) is 4. The Balaban J connectivity index is 1.53. The van der Waals surface area contributed by atoms with E-state index in [4.69, 9.17) is 17.0 Å². The van der Waals surface area contributed by atoms with Crippen LogP contribution in [0.2, 0.25) is 0 Å². The third-order valence-corrected chi connectivity index (χ3v) is 6.91. The van der Waals surface area contributed by atoms with Crippen LogP contribution in [0.15, 0.2) is 52.4 Å². The molecule has 2 aliphatic heterocycles. The highest BCUT2D eigenvalue weighted by molar-refractivity contribution is 8.00. The Morgan fingerprint density at radius 2 is 2.29 bits per heavy atom. The number of nitrogens with two attached hydrogens (primary N) is 1. The number of hydrogen-bond acceptors (Lipinski definition) is 10. The molecule has 2 aromatic heterocycles. The largest absolute Gasteiger partial charge is 0.477 e. The first kappa shape index (κ1) is 24.0. The Labute approximate surface area is 207 Å². The number of carbonyl (C=O) groups is 3. The van der Waals surface area contributed by atoms with Gasteiger partial charge in [-0.25, -0.2) is 9.78 Å². The second-order valence-corrected chi connectivity index (χ2v) is 9.14. The second-order valence-electron chi connectivity index (χ2n) is 7.15. The van der Waals surface area contributed by atoms with Crippen molar-refractivity contribution in [2.45, 2.75) is 11.4 Å². The van der Waals surface area contributed by atoms with Crippen molar-refractivity contribution >= 4 is 57.8 Å². The highest BCUT2D eigenvalue weighted by Crippen LogP contribution is 2.40. The first-order valence-electron chi connectivity index (χ1n) is 10.1. The summed E-state index contributed by atoms with van der Waals surface area (Å²) in [6, 6.07) is 2.63. The van der Waals surface area contributed by atoms with Crippen molar-refractivity contribution in [3.8, 4) is 12.3 Å². The van der Waals surface area contributed by atoms with Crippen LogP contribution >= 0.6 is 23.1 Å². The van der Waals surface area contributed by atoms with Crippen LogP contribution in [0.1, 0.15) is 11.3 Å². The molecule has 4 heterocycles. The lowest BCUT2D eigenvalue weighted by molar-refractivity contribution is -0.150. The average molecular weight is 511 g/mol. The molecule has 2 aliphatic rings. The first-order chi connectivity index (χ1) is 16.9. The Kier molecular flexibility index (Phi) is 7.14. The minimum absolute atomic E-state index is 0.122. The zero-order chi connectivity index (χ0) is 24.9. The van der Waals surface area contributed by atoms with Gasteiger partial charge >= 0.3 is 5.97 Å². The molecule has 4 N–H and O–H groups in total. The number of fused-ring (bicyclic) bond motifs is 1. The van der Waals surface area contributed by atoms with Gasteiger partial charge in [0.05, 0.1) is 0 Å². The molecule has 1 unspecified atom stereocenters. The number of aromatic nitrogens is 2. The Hall–Kier alpha value is -4.15. The molecular weight excluding hydrogens is 492 g/mol. The normalized spacial score (nSPS) is 19.7. The number of thioether (sulfide) groups is 1. The van der Waals surface area contributed by atoms with E-state index < -0.39 is 29.2 Å². The van der Waals surface area contributed by atoms with Crippen molar-refractivity contribution in [1.82, 2.24) is 20.2 Å². The van der Waals surface area contributed by atoms with Gasteiger partial charge in [0.2, 0.25) is 0 Å². The fourth-order valence-electron chi connectivity index (χ4n) is 3.39. The predicted molar refractivity (Wildman–Crippen MR) is 131 cm³/mol. The third kappa shape index (κ3) is 5.03. The fraction of sp³-hybridized carbons (Fsp3) is 0.182. The lowest BCUT2D eigenvalue weighted by Gasteiger charge is -2.49. The number of allylic oxidation sites excluding steroid dienone is 1. The van der Waals surface area contributed by atoms with Crippen molar-refractivity contribution in [2.75, 3.05) is 18.1 Å². The van der Waals surface area contributed by atoms with Gasteiger partial charge in [-0.15, -0.1) is 29.5 Å².